The summed E-state index contributed by atoms with van der Waals surface area (Å²) >= 11 is 0. The van der Waals surface area contributed by atoms with E-state index in [1.54, 1.807) is 14.2 Å². The molecule has 1 atom stereocenters. The maximum Gasteiger partial charge on any atom is 0.181 e. The molecule has 0 aliphatic carbocycles. The van der Waals surface area contributed by atoms with E-state index in [4.69, 9.17) is 19.9 Å². The van der Waals surface area contributed by atoms with Gasteiger partial charge in [0, 0.05) is 5.56 Å². The molecule has 1 aromatic heterocycles. The van der Waals surface area contributed by atoms with Crippen molar-refractivity contribution >= 4 is 0 Å². The van der Waals surface area contributed by atoms with Gasteiger partial charge in [-0.3, -0.25) is 5.10 Å². The van der Waals surface area contributed by atoms with Crippen LogP contribution in [0.5, 0.6) is 17.2 Å². The van der Waals surface area contributed by atoms with Gasteiger partial charge in [-0.05, 0) is 42.8 Å². The van der Waals surface area contributed by atoms with E-state index in [1.807, 2.05) is 49.4 Å². The van der Waals surface area contributed by atoms with Crippen LogP contribution in [0.25, 0.3) is 11.4 Å². The van der Waals surface area contributed by atoms with Gasteiger partial charge in [0.15, 0.2) is 17.3 Å². The molecule has 0 fully saturated rings. The van der Waals surface area contributed by atoms with Gasteiger partial charge >= 0.3 is 0 Å². The lowest BCUT2D eigenvalue weighted by molar-refractivity contribution is 0.311. The van der Waals surface area contributed by atoms with Gasteiger partial charge in [-0.15, -0.1) is 0 Å². The van der Waals surface area contributed by atoms with Crippen molar-refractivity contribution in [3.63, 3.8) is 0 Å². The Labute approximate surface area is 152 Å². The van der Waals surface area contributed by atoms with Crippen LogP contribution in [0.3, 0.4) is 0 Å². The first-order chi connectivity index (χ1) is 12.7. The number of methoxy groups -OCH3 is 2. The quantitative estimate of drug-likeness (QED) is 0.677. The third-order valence-corrected chi connectivity index (χ3v) is 3.99. The van der Waals surface area contributed by atoms with E-state index in [-0.39, 0.29) is 0 Å². The van der Waals surface area contributed by atoms with E-state index in [2.05, 4.69) is 15.2 Å². The molecule has 1 heterocycles. The molecule has 1 unspecified atom stereocenters. The van der Waals surface area contributed by atoms with Crippen molar-refractivity contribution in [2.75, 3.05) is 20.8 Å². The second-order valence-corrected chi connectivity index (χ2v) is 5.59. The van der Waals surface area contributed by atoms with Crippen LogP contribution in [0.1, 0.15) is 24.4 Å². The number of hydrogen-bond donors (Lipinski definition) is 2. The van der Waals surface area contributed by atoms with Gasteiger partial charge in [0.2, 0.25) is 0 Å². The zero-order chi connectivity index (χ0) is 18.5. The molecule has 7 heteroatoms. The molecule has 0 saturated carbocycles. The maximum absolute atomic E-state index is 6.30. The highest BCUT2D eigenvalue weighted by Crippen LogP contribution is 2.31. The highest BCUT2D eigenvalue weighted by Gasteiger charge is 2.16. The Morgan fingerprint density at radius 2 is 1.81 bits per heavy atom. The SMILES string of the molecule is CCOc1cc(-c2n[nH]c(C(N)c3ccc(OC)cc3)n2)ccc1OC. The molecule has 0 amide bonds. The standard InChI is InChI=1S/C19H22N4O3/c1-4-26-16-11-13(7-10-15(16)25-3)18-21-19(23-22-18)17(20)12-5-8-14(24-2)9-6-12/h5-11,17H,4,20H2,1-3H3,(H,21,22,23). The number of hydrogen-bond acceptors (Lipinski definition) is 6. The van der Waals surface area contributed by atoms with Crippen LogP contribution in [-0.4, -0.2) is 36.0 Å². The van der Waals surface area contributed by atoms with Crippen molar-refractivity contribution in [1.82, 2.24) is 15.2 Å². The molecule has 3 aromatic rings. The van der Waals surface area contributed by atoms with Crippen molar-refractivity contribution in [2.45, 2.75) is 13.0 Å². The number of rotatable bonds is 7. The Morgan fingerprint density at radius 1 is 1.04 bits per heavy atom. The summed E-state index contributed by atoms with van der Waals surface area (Å²) in [6, 6.07) is 12.7. The zero-order valence-corrected chi connectivity index (χ0v) is 15.0. The predicted octanol–water partition coefficient (Wildman–Crippen LogP) is 2.94. The van der Waals surface area contributed by atoms with E-state index in [1.165, 1.54) is 0 Å². The first-order valence-corrected chi connectivity index (χ1v) is 8.29. The number of nitrogens with one attached hydrogen (secondary N) is 1. The van der Waals surface area contributed by atoms with Crippen molar-refractivity contribution < 1.29 is 14.2 Å². The summed E-state index contributed by atoms with van der Waals surface area (Å²) in [6.07, 6.45) is 0. The molecule has 0 aliphatic heterocycles. The van der Waals surface area contributed by atoms with Crippen LogP contribution < -0.4 is 19.9 Å². The Balaban J connectivity index is 1.85. The summed E-state index contributed by atoms with van der Waals surface area (Å²) in [5.41, 5.74) is 8.04. The van der Waals surface area contributed by atoms with Gasteiger partial charge in [0.05, 0.1) is 26.9 Å². The highest BCUT2D eigenvalue weighted by atomic mass is 16.5. The minimum atomic E-state index is -0.410. The number of ether oxygens (including phenoxy) is 3. The molecule has 0 saturated heterocycles. The number of benzene rings is 2. The molecule has 0 aliphatic rings. The fraction of sp³-hybridized carbons (Fsp3) is 0.263. The van der Waals surface area contributed by atoms with Crippen molar-refractivity contribution in [1.29, 1.82) is 0 Å². The molecular weight excluding hydrogens is 332 g/mol. The number of H-pyrrole nitrogens is 1. The fourth-order valence-electron chi connectivity index (χ4n) is 2.60. The van der Waals surface area contributed by atoms with Crippen LogP contribution in [0, 0.1) is 0 Å². The lowest BCUT2D eigenvalue weighted by Gasteiger charge is -2.10. The summed E-state index contributed by atoms with van der Waals surface area (Å²) < 4.78 is 16.1. The second-order valence-electron chi connectivity index (χ2n) is 5.59. The molecule has 0 bridgehead atoms. The maximum atomic E-state index is 6.30. The number of nitrogens with two attached hydrogens (primary N) is 1. The largest absolute Gasteiger partial charge is 0.497 e. The Morgan fingerprint density at radius 3 is 2.46 bits per heavy atom. The topological polar surface area (TPSA) is 95.3 Å². The monoisotopic (exact) mass is 354 g/mol. The Hall–Kier alpha value is -3.06. The van der Waals surface area contributed by atoms with Gasteiger partial charge in [0.25, 0.3) is 0 Å². The summed E-state index contributed by atoms with van der Waals surface area (Å²) in [6.45, 7) is 2.46. The molecule has 0 spiro atoms. The van der Waals surface area contributed by atoms with E-state index in [0.29, 0.717) is 29.8 Å². The van der Waals surface area contributed by atoms with Gasteiger partial charge in [0.1, 0.15) is 11.6 Å². The predicted molar refractivity (Wildman–Crippen MR) is 98.6 cm³/mol. The molecular formula is C19H22N4O3. The van der Waals surface area contributed by atoms with Crippen LogP contribution in [0.2, 0.25) is 0 Å². The molecule has 2 aromatic carbocycles. The van der Waals surface area contributed by atoms with Crippen LogP contribution in [0.4, 0.5) is 0 Å². The average Bonchev–Trinajstić information content (AvgIpc) is 3.18. The molecule has 26 heavy (non-hydrogen) atoms. The van der Waals surface area contributed by atoms with Crippen LogP contribution in [0.15, 0.2) is 42.5 Å². The molecule has 0 radical (unpaired) electrons. The van der Waals surface area contributed by atoms with Gasteiger partial charge < -0.3 is 19.9 Å². The summed E-state index contributed by atoms with van der Waals surface area (Å²) in [5, 5.41) is 7.21. The molecule has 3 rings (SSSR count). The van der Waals surface area contributed by atoms with E-state index in [9.17, 15) is 0 Å². The Bertz CT molecular complexity index is 861. The smallest absolute Gasteiger partial charge is 0.181 e. The summed E-state index contributed by atoms with van der Waals surface area (Å²) in [7, 11) is 3.24. The van der Waals surface area contributed by atoms with E-state index in [0.717, 1.165) is 16.9 Å². The number of aromatic nitrogens is 3. The first kappa shape index (κ1) is 17.8. The Kier molecular flexibility index (Phi) is 5.38. The first-order valence-electron chi connectivity index (χ1n) is 8.29. The summed E-state index contributed by atoms with van der Waals surface area (Å²) in [4.78, 5) is 4.54. The highest BCUT2D eigenvalue weighted by molar-refractivity contribution is 5.61. The van der Waals surface area contributed by atoms with Crippen LogP contribution in [-0.2, 0) is 0 Å². The van der Waals surface area contributed by atoms with Crippen molar-refractivity contribution in [3.05, 3.63) is 53.9 Å². The minimum Gasteiger partial charge on any atom is -0.497 e. The summed E-state index contributed by atoms with van der Waals surface area (Å²) in [5.74, 6) is 3.23. The fourth-order valence-corrected chi connectivity index (χ4v) is 2.60. The zero-order valence-electron chi connectivity index (χ0n) is 15.0. The normalized spacial score (nSPS) is 11.8. The van der Waals surface area contributed by atoms with E-state index < -0.39 is 6.04 Å². The lowest BCUT2D eigenvalue weighted by Crippen LogP contribution is -2.13. The van der Waals surface area contributed by atoms with Gasteiger partial charge in [-0.2, -0.15) is 5.10 Å². The second kappa shape index (κ2) is 7.88. The average molecular weight is 354 g/mol. The van der Waals surface area contributed by atoms with Crippen molar-refractivity contribution in [2.24, 2.45) is 5.73 Å². The lowest BCUT2D eigenvalue weighted by atomic mass is 10.1. The van der Waals surface area contributed by atoms with E-state index >= 15 is 0 Å². The molecule has 3 N–H and O–H groups in total. The number of nitrogens with zero attached hydrogens (tertiary/aromatic N) is 2. The van der Waals surface area contributed by atoms with Crippen molar-refractivity contribution in [3.8, 4) is 28.6 Å². The van der Waals surface area contributed by atoms with Gasteiger partial charge in [-0.1, -0.05) is 12.1 Å². The van der Waals surface area contributed by atoms with Gasteiger partial charge in [-0.25, -0.2) is 4.98 Å². The van der Waals surface area contributed by atoms with Crippen LogP contribution >= 0.6 is 0 Å². The number of aromatic amines is 1. The third-order valence-electron chi connectivity index (χ3n) is 3.99. The molecule has 7 nitrogen and oxygen atoms in total. The minimum absolute atomic E-state index is 0.410. The molecule has 136 valence electrons. The third kappa shape index (κ3) is 3.62.